The number of halogens is 1. The topological polar surface area (TPSA) is 62.5 Å². The molecule has 0 amide bonds. The Kier molecular flexibility index (Phi) is 3.54. The van der Waals surface area contributed by atoms with Crippen LogP contribution in [0.15, 0.2) is 16.5 Å². The van der Waals surface area contributed by atoms with Crippen LogP contribution in [-0.4, -0.2) is 17.6 Å². The van der Waals surface area contributed by atoms with Crippen molar-refractivity contribution in [2.75, 3.05) is 6.54 Å². The minimum absolute atomic E-state index is 0.0444. The van der Waals surface area contributed by atoms with Crippen LogP contribution in [0.5, 0.6) is 0 Å². The van der Waals surface area contributed by atoms with Gasteiger partial charge in [0, 0.05) is 0 Å². The van der Waals surface area contributed by atoms with Crippen LogP contribution in [0.3, 0.4) is 0 Å². The third kappa shape index (κ3) is 3.22. The van der Waals surface area contributed by atoms with Crippen molar-refractivity contribution in [3.05, 3.63) is 21.7 Å². The molecule has 0 aliphatic heterocycles. The van der Waals surface area contributed by atoms with E-state index in [-0.39, 0.29) is 6.54 Å². The van der Waals surface area contributed by atoms with Crippen LogP contribution in [0, 0.1) is 3.77 Å². The molecule has 1 heterocycles. The Balaban J connectivity index is 2.29. The van der Waals surface area contributed by atoms with Gasteiger partial charge in [0.15, 0.2) is 3.77 Å². The zero-order valence-electron chi connectivity index (χ0n) is 6.21. The van der Waals surface area contributed by atoms with E-state index in [9.17, 15) is 4.79 Å². The van der Waals surface area contributed by atoms with Crippen molar-refractivity contribution in [2.24, 2.45) is 0 Å². The van der Waals surface area contributed by atoms with Crippen molar-refractivity contribution >= 4 is 28.6 Å². The molecule has 0 saturated carbocycles. The van der Waals surface area contributed by atoms with E-state index in [1.807, 2.05) is 12.1 Å². The van der Waals surface area contributed by atoms with Crippen LogP contribution in [0.4, 0.5) is 0 Å². The maximum atomic E-state index is 10.1. The SMILES string of the molecule is O=C(O)CNCc1ccc(I)o1. The van der Waals surface area contributed by atoms with Gasteiger partial charge in [-0.3, -0.25) is 10.1 Å². The fourth-order valence-electron chi connectivity index (χ4n) is 0.739. The van der Waals surface area contributed by atoms with E-state index < -0.39 is 5.97 Å². The molecule has 0 radical (unpaired) electrons. The maximum Gasteiger partial charge on any atom is 0.317 e. The van der Waals surface area contributed by atoms with Crippen molar-refractivity contribution in [2.45, 2.75) is 6.54 Å². The molecule has 4 nitrogen and oxygen atoms in total. The third-order valence-corrected chi connectivity index (χ3v) is 1.78. The number of carboxylic acid groups (broad SMARTS) is 1. The summed E-state index contributed by atoms with van der Waals surface area (Å²) >= 11 is 2.05. The van der Waals surface area contributed by atoms with Crippen molar-refractivity contribution in [3.63, 3.8) is 0 Å². The van der Waals surface area contributed by atoms with Crippen LogP contribution in [0.25, 0.3) is 0 Å². The highest BCUT2D eigenvalue weighted by Gasteiger charge is 1.99. The minimum Gasteiger partial charge on any atom is -0.480 e. The minimum atomic E-state index is -0.865. The van der Waals surface area contributed by atoms with Gasteiger partial charge in [0.2, 0.25) is 0 Å². The number of nitrogens with one attached hydrogen (secondary N) is 1. The van der Waals surface area contributed by atoms with E-state index in [0.717, 1.165) is 9.53 Å². The molecule has 2 N–H and O–H groups in total. The molecule has 12 heavy (non-hydrogen) atoms. The molecule has 66 valence electrons. The highest BCUT2D eigenvalue weighted by Crippen LogP contribution is 2.09. The molecule has 0 unspecified atom stereocenters. The second-order valence-corrected chi connectivity index (χ2v) is 3.27. The zero-order valence-corrected chi connectivity index (χ0v) is 8.37. The van der Waals surface area contributed by atoms with E-state index in [1.165, 1.54) is 0 Å². The molecule has 0 aromatic carbocycles. The molecular formula is C7H8INO3. The van der Waals surface area contributed by atoms with E-state index in [1.54, 1.807) is 0 Å². The Hall–Kier alpha value is -0.560. The van der Waals surface area contributed by atoms with E-state index >= 15 is 0 Å². The van der Waals surface area contributed by atoms with Gasteiger partial charge in [-0.25, -0.2) is 0 Å². The van der Waals surface area contributed by atoms with Crippen LogP contribution in [0.2, 0.25) is 0 Å². The molecule has 1 rings (SSSR count). The summed E-state index contributed by atoms with van der Waals surface area (Å²) in [7, 11) is 0. The summed E-state index contributed by atoms with van der Waals surface area (Å²) in [4.78, 5) is 10.1. The van der Waals surface area contributed by atoms with E-state index in [0.29, 0.717) is 6.54 Å². The average molecular weight is 281 g/mol. The van der Waals surface area contributed by atoms with Crippen LogP contribution in [0.1, 0.15) is 5.76 Å². The molecule has 1 aromatic rings. The molecule has 0 spiro atoms. The largest absolute Gasteiger partial charge is 0.480 e. The predicted octanol–water partition coefficient (Wildman–Crippen LogP) is 1.06. The number of hydrogen-bond donors (Lipinski definition) is 2. The lowest BCUT2D eigenvalue weighted by Gasteiger charge is -1.96. The highest BCUT2D eigenvalue weighted by molar-refractivity contribution is 14.1. The number of aliphatic carboxylic acids is 1. The summed E-state index contributed by atoms with van der Waals surface area (Å²) in [5.41, 5.74) is 0. The molecule has 0 saturated heterocycles. The van der Waals surface area contributed by atoms with Gasteiger partial charge in [0.05, 0.1) is 13.1 Å². The fraction of sp³-hybridized carbons (Fsp3) is 0.286. The van der Waals surface area contributed by atoms with Gasteiger partial charge in [0.1, 0.15) is 5.76 Å². The average Bonchev–Trinajstić information content (AvgIpc) is 2.35. The molecule has 0 aliphatic rings. The van der Waals surface area contributed by atoms with Gasteiger partial charge in [-0.05, 0) is 34.7 Å². The molecular weight excluding hydrogens is 273 g/mol. The van der Waals surface area contributed by atoms with E-state index in [4.69, 9.17) is 9.52 Å². The lowest BCUT2D eigenvalue weighted by molar-refractivity contribution is -0.136. The van der Waals surface area contributed by atoms with Crippen molar-refractivity contribution in [1.82, 2.24) is 5.32 Å². The molecule has 0 fully saturated rings. The van der Waals surface area contributed by atoms with Crippen LogP contribution in [-0.2, 0) is 11.3 Å². The smallest absolute Gasteiger partial charge is 0.317 e. The standard InChI is InChI=1S/C7H8INO3/c8-6-2-1-5(12-6)3-9-4-7(10)11/h1-2,9H,3-4H2,(H,10,11). The first-order valence-electron chi connectivity index (χ1n) is 3.35. The van der Waals surface area contributed by atoms with E-state index in [2.05, 4.69) is 27.9 Å². The van der Waals surface area contributed by atoms with Gasteiger partial charge in [-0.1, -0.05) is 0 Å². The lowest BCUT2D eigenvalue weighted by atomic mass is 10.4. The third-order valence-electron chi connectivity index (χ3n) is 1.20. The fourth-order valence-corrected chi connectivity index (χ4v) is 1.20. The molecule has 0 bridgehead atoms. The number of rotatable bonds is 4. The summed E-state index contributed by atoms with van der Waals surface area (Å²) in [6.07, 6.45) is 0. The van der Waals surface area contributed by atoms with Gasteiger partial charge < -0.3 is 9.52 Å². The van der Waals surface area contributed by atoms with Gasteiger partial charge in [0.25, 0.3) is 0 Å². The highest BCUT2D eigenvalue weighted by atomic mass is 127. The summed E-state index contributed by atoms with van der Waals surface area (Å²) in [6.45, 7) is 0.409. The summed E-state index contributed by atoms with van der Waals surface area (Å²) < 4.78 is 6.00. The Labute approximate surface area is 83.1 Å². The van der Waals surface area contributed by atoms with Crippen molar-refractivity contribution < 1.29 is 14.3 Å². The first-order chi connectivity index (χ1) is 5.68. The lowest BCUT2D eigenvalue weighted by Crippen LogP contribution is -2.21. The second kappa shape index (κ2) is 4.46. The summed E-state index contributed by atoms with van der Waals surface area (Å²) in [6, 6.07) is 3.65. The van der Waals surface area contributed by atoms with Crippen LogP contribution >= 0.6 is 22.6 Å². The first kappa shape index (κ1) is 9.53. The number of hydrogen-bond acceptors (Lipinski definition) is 3. The Bertz CT molecular complexity index is 271. The Morgan fingerprint density at radius 3 is 2.92 bits per heavy atom. The van der Waals surface area contributed by atoms with Gasteiger partial charge >= 0.3 is 5.97 Å². The van der Waals surface area contributed by atoms with Gasteiger partial charge in [-0.2, -0.15) is 0 Å². The molecule has 5 heteroatoms. The zero-order chi connectivity index (χ0) is 8.97. The predicted molar refractivity (Wildman–Crippen MR) is 50.8 cm³/mol. The van der Waals surface area contributed by atoms with Crippen LogP contribution < -0.4 is 5.32 Å². The monoisotopic (exact) mass is 281 g/mol. The maximum absolute atomic E-state index is 10.1. The Morgan fingerprint density at radius 2 is 2.42 bits per heavy atom. The number of carbonyl (C=O) groups is 1. The second-order valence-electron chi connectivity index (χ2n) is 2.20. The number of carboxylic acids is 1. The Morgan fingerprint density at radius 1 is 1.67 bits per heavy atom. The first-order valence-corrected chi connectivity index (χ1v) is 4.43. The quantitative estimate of drug-likeness (QED) is 0.810. The molecule has 1 aromatic heterocycles. The van der Waals surface area contributed by atoms with Gasteiger partial charge in [-0.15, -0.1) is 0 Å². The van der Waals surface area contributed by atoms with Crippen molar-refractivity contribution in [3.8, 4) is 0 Å². The summed E-state index contributed by atoms with van der Waals surface area (Å²) in [5, 5.41) is 11.0. The molecule has 0 atom stereocenters. The molecule has 0 aliphatic carbocycles. The summed E-state index contributed by atoms with van der Waals surface area (Å²) in [5.74, 6) is -0.114. The normalized spacial score (nSPS) is 10.1. The number of furan rings is 1. The van der Waals surface area contributed by atoms with Crippen molar-refractivity contribution in [1.29, 1.82) is 0 Å².